The second-order valence-electron chi connectivity index (χ2n) is 8.94. The number of benzene rings is 3. The minimum absolute atomic E-state index is 0.0107. The molecule has 3 atom stereocenters. The molecule has 2 unspecified atom stereocenters. The van der Waals surface area contributed by atoms with Crippen LogP contribution in [0.3, 0.4) is 0 Å². The number of carbonyl (C=O) groups is 2. The molecule has 3 aromatic rings. The molecule has 0 heterocycles. The van der Waals surface area contributed by atoms with Gasteiger partial charge in [0.2, 0.25) is 0 Å². The van der Waals surface area contributed by atoms with Crippen molar-refractivity contribution in [2.24, 2.45) is 0 Å². The van der Waals surface area contributed by atoms with Gasteiger partial charge in [-0.15, -0.1) is 0 Å². The molecular formula is C30H34O8. The van der Waals surface area contributed by atoms with Crippen LogP contribution < -0.4 is 18.9 Å². The molecule has 0 saturated carbocycles. The van der Waals surface area contributed by atoms with Crippen LogP contribution in [0, 0.1) is 0 Å². The van der Waals surface area contributed by atoms with E-state index in [-0.39, 0.29) is 23.5 Å². The van der Waals surface area contributed by atoms with Gasteiger partial charge in [0.15, 0.2) is 11.4 Å². The topological polar surface area (TPSA) is 101 Å². The SMILES string of the molecule is COC(=O)CC(c1ccccc1)C(Oc1cc(OC)cc(OC)c1[C@@](C)(O)C(C)=O)c1ccc(OC)cc1. The Balaban J connectivity index is 2.27. The Kier molecular flexibility index (Phi) is 9.36. The van der Waals surface area contributed by atoms with Gasteiger partial charge in [-0.1, -0.05) is 42.5 Å². The molecule has 0 saturated heterocycles. The molecule has 0 radical (unpaired) electrons. The smallest absolute Gasteiger partial charge is 0.306 e. The summed E-state index contributed by atoms with van der Waals surface area (Å²) in [5, 5.41) is 11.3. The van der Waals surface area contributed by atoms with Gasteiger partial charge >= 0.3 is 5.97 Å². The number of hydrogen-bond acceptors (Lipinski definition) is 8. The maximum Gasteiger partial charge on any atom is 0.306 e. The highest BCUT2D eigenvalue weighted by molar-refractivity contribution is 5.87. The molecule has 0 amide bonds. The number of methoxy groups -OCH3 is 4. The highest BCUT2D eigenvalue weighted by Gasteiger charge is 2.38. The predicted molar refractivity (Wildman–Crippen MR) is 142 cm³/mol. The lowest BCUT2D eigenvalue weighted by Gasteiger charge is -2.32. The fourth-order valence-electron chi connectivity index (χ4n) is 4.27. The molecular weight excluding hydrogens is 488 g/mol. The van der Waals surface area contributed by atoms with E-state index in [1.54, 1.807) is 31.4 Å². The van der Waals surface area contributed by atoms with Crippen molar-refractivity contribution in [2.45, 2.75) is 37.9 Å². The van der Waals surface area contributed by atoms with Crippen LogP contribution in [0.2, 0.25) is 0 Å². The van der Waals surface area contributed by atoms with Crippen LogP contribution in [0.15, 0.2) is 66.7 Å². The van der Waals surface area contributed by atoms with E-state index >= 15 is 0 Å². The van der Waals surface area contributed by atoms with E-state index in [1.807, 2.05) is 42.5 Å². The quantitative estimate of drug-likeness (QED) is 0.333. The van der Waals surface area contributed by atoms with E-state index in [9.17, 15) is 14.7 Å². The number of Topliss-reactive ketones (excluding diaryl/α,β-unsaturated/α-hetero) is 1. The Hall–Kier alpha value is -4.04. The number of esters is 1. The molecule has 0 aromatic heterocycles. The second kappa shape index (κ2) is 12.5. The first-order valence-corrected chi connectivity index (χ1v) is 12.1. The van der Waals surface area contributed by atoms with Gasteiger partial charge in [-0.3, -0.25) is 9.59 Å². The molecule has 8 heteroatoms. The van der Waals surface area contributed by atoms with Crippen LogP contribution in [-0.4, -0.2) is 45.3 Å². The largest absolute Gasteiger partial charge is 0.497 e. The molecule has 202 valence electrons. The number of hydrogen-bond donors (Lipinski definition) is 1. The van der Waals surface area contributed by atoms with Crippen LogP contribution in [-0.2, 0) is 19.9 Å². The third-order valence-corrected chi connectivity index (χ3v) is 6.57. The zero-order chi connectivity index (χ0) is 27.9. The summed E-state index contributed by atoms with van der Waals surface area (Å²) in [6, 6.07) is 19.9. The summed E-state index contributed by atoms with van der Waals surface area (Å²) in [5.41, 5.74) is -0.203. The zero-order valence-electron chi connectivity index (χ0n) is 22.5. The van der Waals surface area contributed by atoms with Crippen LogP contribution >= 0.6 is 0 Å². The molecule has 1 N–H and O–H groups in total. The predicted octanol–water partition coefficient (Wildman–Crippen LogP) is 4.98. The Labute approximate surface area is 223 Å². The van der Waals surface area contributed by atoms with E-state index in [4.69, 9.17) is 23.7 Å². The molecule has 0 fully saturated rings. The van der Waals surface area contributed by atoms with Gasteiger partial charge in [0.25, 0.3) is 0 Å². The summed E-state index contributed by atoms with van der Waals surface area (Å²) >= 11 is 0. The number of ether oxygens (including phenoxy) is 5. The van der Waals surface area contributed by atoms with Gasteiger partial charge in [-0.2, -0.15) is 0 Å². The lowest BCUT2D eigenvalue weighted by Crippen LogP contribution is -2.32. The van der Waals surface area contributed by atoms with Crippen molar-refractivity contribution in [2.75, 3.05) is 28.4 Å². The molecule has 0 aliphatic heterocycles. The summed E-state index contributed by atoms with van der Waals surface area (Å²) in [6.07, 6.45) is -0.739. The highest BCUT2D eigenvalue weighted by Crippen LogP contribution is 2.46. The Morgan fingerprint density at radius 2 is 1.42 bits per heavy atom. The van der Waals surface area contributed by atoms with Crippen molar-refractivity contribution in [3.05, 3.63) is 83.4 Å². The van der Waals surface area contributed by atoms with Crippen molar-refractivity contribution in [1.29, 1.82) is 0 Å². The third-order valence-electron chi connectivity index (χ3n) is 6.57. The molecule has 38 heavy (non-hydrogen) atoms. The standard InChI is InChI=1S/C30H34O8/c1-19(31)30(2,33)28-25(36-5)16-23(35-4)17-26(28)38-29(21-12-14-22(34-3)15-13-21)24(18-27(32)37-6)20-10-8-7-9-11-20/h7-17,24,29,33H,18H2,1-6H3/t24?,29?,30-/m0/s1. The maximum absolute atomic E-state index is 12.6. The Bertz CT molecular complexity index is 1240. The summed E-state index contributed by atoms with van der Waals surface area (Å²) in [4.78, 5) is 25.1. The van der Waals surface area contributed by atoms with Gasteiger partial charge in [0.05, 0.1) is 40.4 Å². The Morgan fingerprint density at radius 1 is 0.816 bits per heavy atom. The molecule has 0 bridgehead atoms. The Morgan fingerprint density at radius 3 is 1.95 bits per heavy atom. The fourth-order valence-corrected chi connectivity index (χ4v) is 4.27. The summed E-state index contributed by atoms with van der Waals surface area (Å²) in [7, 11) is 5.84. The van der Waals surface area contributed by atoms with Crippen molar-refractivity contribution >= 4 is 11.8 Å². The molecule has 0 aliphatic carbocycles. The molecule has 0 aliphatic rings. The number of carbonyl (C=O) groups excluding carboxylic acids is 2. The number of ketones is 1. The maximum atomic E-state index is 12.6. The van der Waals surface area contributed by atoms with E-state index in [0.717, 1.165) is 11.1 Å². The highest BCUT2D eigenvalue weighted by atomic mass is 16.5. The zero-order valence-corrected chi connectivity index (χ0v) is 22.5. The fraction of sp³-hybridized carbons (Fsp3) is 0.333. The normalized spacial score (nSPS) is 14.0. The summed E-state index contributed by atoms with van der Waals surface area (Å²) in [5.74, 6) is 0.0356. The van der Waals surface area contributed by atoms with Gasteiger partial charge in [-0.05, 0) is 37.1 Å². The van der Waals surface area contributed by atoms with Crippen LogP contribution in [0.1, 0.15) is 49.0 Å². The molecule has 3 aromatic carbocycles. The lowest BCUT2D eigenvalue weighted by atomic mass is 9.85. The monoisotopic (exact) mass is 522 g/mol. The molecule has 3 rings (SSSR count). The third kappa shape index (κ3) is 6.26. The molecule has 8 nitrogen and oxygen atoms in total. The van der Waals surface area contributed by atoms with Crippen molar-refractivity contribution in [3.8, 4) is 23.0 Å². The summed E-state index contributed by atoms with van der Waals surface area (Å²) in [6.45, 7) is 2.68. The van der Waals surface area contributed by atoms with Crippen LogP contribution in [0.25, 0.3) is 0 Å². The first-order chi connectivity index (χ1) is 18.2. The van der Waals surface area contributed by atoms with Gasteiger partial charge in [0.1, 0.15) is 29.1 Å². The first kappa shape index (κ1) is 28.5. The minimum Gasteiger partial charge on any atom is -0.497 e. The number of rotatable bonds is 12. The minimum atomic E-state index is -1.93. The van der Waals surface area contributed by atoms with E-state index in [0.29, 0.717) is 11.5 Å². The van der Waals surface area contributed by atoms with Gasteiger partial charge < -0.3 is 28.8 Å². The summed E-state index contributed by atoms with van der Waals surface area (Å²) < 4.78 is 28.0. The first-order valence-electron chi connectivity index (χ1n) is 12.1. The van der Waals surface area contributed by atoms with E-state index < -0.39 is 29.4 Å². The van der Waals surface area contributed by atoms with Crippen LogP contribution in [0.5, 0.6) is 23.0 Å². The van der Waals surface area contributed by atoms with Gasteiger partial charge in [0, 0.05) is 18.1 Å². The second-order valence-corrected chi connectivity index (χ2v) is 8.94. The van der Waals surface area contributed by atoms with Crippen LogP contribution in [0.4, 0.5) is 0 Å². The van der Waals surface area contributed by atoms with Crippen molar-refractivity contribution in [1.82, 2.24) is 0 Å². The van der Waals surface area contributed by atoms with Crippen molar-refractivity contribution < 1.29 is 38.4 Å². The van der Waals surface area contributed by atoms with E-state index in [2.05, 4.69) is 0 Å². The van der Waals surface area contributed by atoms with E-state index in [1.165, 1.54) is 35.2 Å². The number of aliphatic hydroxyl groups is 1. The lowest BCUT2D eigenvalue weighted by molar-refractivity contribution is -0.141. The molecule has 0 spiro atoms. The average Bonchev–Trinajstić information content (AvgIpc) is 2.94. The van der Waals surface area contributed by atoms with Gasteiger partial charge in [-0.25, -0.2) is 0 Å². The van der Waals surface area contributed by atoms with Crippen molar-refractivity contribution in [3.63, 3.8) is 0 Å². The average molecular weight is 523 g/mol.